The lowest BCUT2D eigenvalue weighted by molar-refractivity contribution is -0.122. The molecule has 1 aliphatic rings. The molecule has 0 bridgehead atoms. The molecule has 0 aromatic carbocycles. The highest BCUT2D eigenvalue weighted by molar-refractivity contribution is 5.82. The third-order valence-electron chi connectivity index (χ3n) is 4.72. The summed E-state index contributed by atoms with van der Waals surface area (Å²) in [7, 11) is 0. The molecule has 124 valence electrons. The van der Waals surface area contributed by atoms with Gasteiger partial charge in [-0.15, -0.1) is 0 Å². The first-order chi connectivity index (χ1) is 11.2. The van der Waals surface area contributed by atoms with E-state index in [9.17, 15) is 4.79 Å². The number of aromatic nitrogens is 2. The number of pyridine rings is 1. The molecule has 0 spiro atoms. The minimum Gasteiger partial charge on any atom is -0.352 e. The molecule has 0 unspecified atom stereocenters. The normalized spacial score (nSPS) is 19.7. The molecule has 1 fully saturated rings. The first-order valence-electron chi connectivity index (χ1n) is 8.63. The van der Waals surface area contributed by atoms with E-state index >= 15 is 0 Å². The van der Waals surface area contributed by atoms with Crippen LogP contribution in [0.5, 0.6) is 0 Å². The van der Waals surface area contributed by atoms with Crippen molar-refractivity contribution in [2.45, 2.75) is 51.6 Å². The summed E-state index contributed by atoms with van der Waals surface area (Å²) in [6.07, 6.45) is 5.08. The van der Waals surface area contributed by atoms with Crippen molar-refractivity contribution in [1.82, 2.24) is 20.2 Å². The van der Waals surface area contributed by atoms with Gasteiger partial charge in [0.25, 0.3) is 0 Å². The SMILES string of the molecule is CC[C@H](C)NC(=O)Cn1c([C@@H]2CCCNC2)cc2cccnc21. The molecule has 0 aliphatic carbocycles. The Hall–Kier alpha value is -1.88. The minimum atomic E-state index is 0.0625. The van der Waals surface area contributed by atoms with E-state index < -0.39 is 0 Å². The van der Waals surface area contributed by atoms with Gasteiger partial charge >= 0.3 is 0 Å². The average Bonchev–Trinajstić information content (AvgIpc) is 2.94. The minimum absolute atomic E-state index is 0.0625. The molecule has 2 aromatic heterocycles. The molecule has 1 aliphatic heterocycles. The van der Waals surface area contributed by atoms with Gasteiger partial charge < -0.3 is 15.2 Å². The molecule has 5 nitrogen and oxygen atoms in total. The Morgan fingerprint density at radius 2 is 2.43 bits per heavy atom. The summed E-state index contributed by atoms with van der Waals surface area (Å²) < 4.78 is 2.10. The Morgan fingerprint density at radius 3 is 3.17 bits per heavy atom. The maximum absolute atomic E-state index is 12.4. The van der Waals surface area contributed by atoms with Gasteiger partial charge in [-0.3, -0.25) is 4.79 Å². The molecule has 1 amide bonds. The first kappa shape index (κ1) is 16.0. The van der Waals surface area contributed by atoms with Crippen LogP contribution in [-0.4, -0.2) is 34.6 Å². The molecule has 0 radical (unpaired) electrons. The van der Waals surface area contributed by atoms with Crippen LogP contribution >= 0.6 is 0 Å². The van der Waals surface area contributed by atoms with Crippen molar-refractivity contribution in [1.29, 1.82) is 0 Å². The molecular formula is C18H26N4O. The van der Waals surface area contributed by atoms with Crippen LogP contribution in [0.3, 0.4) is 0 Å². The highest BCUT2D eigenvalue weighted by atomic mass is 16.2. The fraction of sp³-hybridized carbons (Fsp3) is 0.556. The number of rotatable bonds is 5. The number of hydrogen-bond donors (Lipinski definition) is 2. The van der Waals surface area contributed by atoms with Crippen LogP contribution in [0.15, 0.2) is 24.4 Å². The topological polar surface area (TPSA) is 59.0 Å². The maximum atomic E-state index is 12.4. The summed E-state index contributed by atoms with van der Waals surface area (Å²) in [5.74, 6) is 0.516. The molecule has 1 saturated heterocycles. The average molecular weight is 314 g/mol. The number of hydrogen-bond acceptors (Lipinski definition) is 3. The molecule has 2 N–H and O–H groups in total. The number of nitrogens with one attached hydrogen (secondary N) is 2. The predicted octanol–water partition coefficient (Wildman–Crippen LogP) is 2.42. The second-order valence-corrected chi connectivity index (χ2v) is 6.49. The lowest BCUT2D eigenvalue weighted by Gasteiger charge is -2.24. The van der Waals surface area contributed by atoms with Crippen molar-refractivity contribution >= 4 is 16.9 Å². The van der Waals surface area contributed by atoms with Crippen LogP contribution in [0.4, 0.5) is 0 Å². The first-order valence-corrected chi connectivity index (χ1v) is 8.63. The second kappa shape index (κ2) is 7.13. The number of carbonyl (C=O) groups is 1. The Morgan fingerprint density at radius 1 is 1.57 bits per heavy atom. The Balaban J connectivity index is 1.91. The molecular weight excluding hydrogens is 288 g/mol. The quantitative estimate of drug-likeness (QED) is 0.891. The third-order valence-corrected chi connectivity index (χ3v) is 4.72. The van der Waals surface area contributed by atoms with E-state index in [2.05, 4.69) is 39.2 Å². The van der Waals surface area contributed by atoms with Crippen molar-refractivity contribution < 1.29 is 4.79 Å². The molecule has 23 heavy (non-hydrogen) atoms. The number of nitrogens with zero attached hydrogens (tertiary/aromatic N) is 2. The zero-order valence-electron chi connectivity index (χ0n) is 14.0. The van der Waals surface area contributed by atoms with Gasteiger partial charge in [-0.05, 0) is 50.9 Å². The van der Waals surface area contributed by atoms with Gasteiger partial charge in [0, 0.05) is 35.8 Å². The molecule has 3 heterocycles. The van der Waals surface area contributed by atoms with E-state index in [4.69, 9.17) is 0 Å². The summed E-state index contributed by atoms with van der Waals surface area (Å²) in [5, 5.41) is 7.64. The summed E-state index contributed by atoms with van der Waals surface area (Å²) in [4.78, 5) is 16.9. The van der Waals surface area contributed by atoms with Gasteiger partial charge in [0.05, 0.1) is 0 Å². The van der Waals surface area contributed by atoms with Crippen molar-refractivity contribution in [3.05, 3.63) is 30.1 Å². The van der Waals surface area contributed by atoms with Crippen molar-refractivity contribution in [2.75, 3.05) is 13.1 Å². The number of carbonyl (C=O) groups excluding carboxylic acids is 1. The summed E-state index contributed by atoms with van der Waals surface area (Å²) >= 11 is 0. The fourth-order valence-corrected chi connectivity index (χ4v) is 3.28. The van der Waals surface area contributed by atoms with Gasteiger partial charge in [0.15, 0.2) is 0 Å². The van der Waals surface area contributed by atoms with E-state index in [1.165, 1.54) is 12.1 Å². The van der Waals surface area contributed by atoms with E-state index in [1.807, 2.05) is 13.0 Å². The largest absolute Gasteiger partial charge is 0.352 e. The van der Waals surface area contributed by atoms with Crippen LogP contribution in [0, 0.1) is 0 Å². The van der Waals surface area contributed by atoms with Crippen LogP contribution in [0.1, 0.15) is 44.7 Å². The smallest absolute Gasteiger partial charge is 0.240 e. The number of fused-ring (bicyclic) bond motifs is 1. The van der Waals surface area contributed by atoms with Gasteiger partial charge in [0.2, 0.25) is 5.91 Å². The van der Waals surface area contributed by atoms with E-state index in [1.54, 1.807) is 6.20 Å². The Labute approximate surface area is 137 Å². The number of piperidine rings is 1. The maximum Gasteiger partial charge on any atom is 0.240 e. The van der Waals surface area contributed by atoms with Gasteiger partial charge in [0.1, 0.15) is 12.2 Å². The van der Waals surface area contributed by atoms with Crippen molar-refractivity contribution in [3.8, 4) is 0 Å². The van der Waals surface area contributed by atoms with E-state index in [0.29, 0.717) is 12.5 Å². The van der Waals surface area contributed by atoms with Gasteiger partial charge in [-0.25, -0.2) is 4.98 Å². The molecule has 2 atom stereocenters. The van der Waals surface area contributed by atoms with E-state index in [-0.39, 0.29) is 11.9 Å². The van der Waals surface area contributed by atoms with Gasteiger partial charge in [-0.1, -0.05) is 6.92 Å². The Bertz CT molecular complexity index is 673. The van der Waals surface area contributed by atoms with Crippen LogP contribution in [0.2, 0.25) is 0 Å². The lowest BCUT2D eigenvalue weighted by Crippen LogP contribution is -2.36. The predicted molar refractivity (Wildman–Crippen MR) is 92.5 cm³/mol. The lowest BCUT2D eigenvalue weighted by atomic mass is 9.96. The van der Waals surface area contributed by atoms with Crippen LogP contribution < -0.4 is 10.6 Å². The summed E-state index contributed by atoms with van der Waals surface area (Å²) in [6.45, 7) is 6.52. The van der Waals surface area contributed by atoms with Crippen LogP contribution in [0.25, 0.3) is 11.0 Å². The zero-order valence-corrected chi connectivity index (χ0v) is 14.0. The van der Waals surface area contributed by atoms with Crippen LogP contribution in [-0.2, 0) is 11.3 Å². The third kappa shape index (κ3) is 3.55. The van der Waals surface area contributed by atoms with Crippen molar-refractivity contribution in [2.24, 2.45) is 0 Å². The summed E-state index contributed by atoms with van der Waals surface area (Å²) in [5.41, 5.74) is 2.14. The molecule has 3 rings (SSSR count). The highest BCUT2D eigenvalue weighted by Crippen LogP contribution is 2.28. The monoisotopic (exact) mass is 314 g/mol. The molecule has 5 heteroatoms. The summed E-state index contributed by atoms with van der Waals surface area (Å²) in [6, 6.07) is 6.44. The fourth-order valence-electron chi connectivity index (χ4n) is 3.28. The second-order valence-electron chi connectivity index (χ2n) is 6.49. The highest BCUT2D eigenvalue weighted by Gasteiger charge is 2.22. The Kier molecular flexibility index (Phi) is 4.96. The van der Waals surface area contributed by atoms with Crippen molar-refractivity contribution in [3.63, 3.8) is 0 Å². The standard InChI is InChI=1S/C18H26N4O/c1-3-13(2)21-17(23)12-22-16(15-7-4-8-19-11-15)10-14-6-5-9-20-18(14)22/h5-6,9-10,13,15,19H,3-4,7-8,11-12H2,1-2H3,(H,21,23)/t13-,15+/m0/s1. The molecule has 2 aromatic rings. The number of amides is 1. The zero-order chi connectivity index (χ0) is 16.2. The van der Waals surface area contributed by atoms with E-state index in [0.717, 1.165) is 37.0 Å². The van der Waals surface area contributed by atoms with Gasteiger partial charge in [-0.2, -0.15) is 0 Å². The molecule has 0 saturated carbocycles.